The number of aromatic carboxylic acids is 1. The third-order valence-corrected chi connectivity index (χ3v) is 4.79. The molecule has 0 amide bonds. The molecule has 7 nitrogen and oxygen atoms in total. The van der Waals surface area contributed by atoms with Gasteiger partial charge in [-0.3, -0.25) is 0 Å². The van der Waals surface area contributed by atoms with Crippen molar-refractivity contribution in [3.05, 3.63) is 29.8 Å². The average molecular weight is 349 g/mol. The molecule has 0 radical (unpaired) electrons. The topological polar surface area (TPSA) is 109 Å². The Hall–Kier alpha value is -1.61. The van der Waals surface area contributed by atoms with Gasteiger partial charge in [0, 0.05) is 31.3 Å². The lowest BCUT2D eigenvalue weighted by Crippen LogP contribution is -2.33. The molecule has 22 heavy (non-hydrogen) atoms. The molecule has 0 aliphatic rings. The van der Waals surface area contributed by atoms with E-state index in [1.807, 2.05) is 0 Å². The highest BCUT2D eigenvalue weighted by Gasteiger charge is 2.14. The first kappa shape index (κ1) is 18.4. The van der Waals surface area contributed by atoms with Crippen LogP contribution < -0.4 is 4.90 Å². The summed E-state index contributed by atoms with van der Waals surface area (Å²) in [4.78, 5) is 12.4. The van der Waals surface area contributed by atoms with Crippen LogP contribution in [-0.4, -0.2) is 65.0 Å². The number of hydrogen-bond donors (Lipinski definition) is 1. The quantitative estimate of drug-likeness (QED) is 0.718. The van der Waals surface area contributed by atoms with Gasteiger partial charge in [0.2, 0.25) is 0 Å². The van der Waals surface area contributed by atoms with Gasteiger partial charge in [0.25, 0.3) is 0 Å². The minimum Gasteiger partial charge on any atom is -0.478 e. The Morgan fingerprint density at radius 1 is 0.955 bits per heavy atom. The number of benzene rings is 1. The largest absolute Gasteiger partial charge is 0.478 e. The predicted molar refractivity (Wildman–Crippen MR) is 85.0 cm³/mol. The van der Waals surface area contributed by atoms with Crippen molar-refractivity contribution >= 4 is 31.3 Å². The molecular weight excluding hydrogens is 330 g/mol. The summed E-state index contributed by atoms with van der Waals surface area (Å²) in [5, 5.41) is 8.86. The molecular formula is C13H19NO6S2. The number of sulfone groups is 2. The molecule has 0 heterocycles. The Kier molecular flexibility index (Phi) is 5.95. The zero-order valence-corrected chi connectivity index (χ0v) is 14.0. The van der Waals surface area contributed by atoms with Crippen LogP contribution in [0.5, 0.6) is 0 Å². The van der Waals surface area contributed by atoms with Crippen LogP contribution in [-0.2, 0) is 19.7 Å². The third kappa shape index (κ3) is 6.90. The molecule has 0 bridgehead atoms. The summed E-state index contributed by atoms with van der Waals surface area (Å²) in [6.07, 6.45) is 2.21. The molecule has 124 valence electrons. The number of carboxylic acid groups (broad SMARTS) is 1. The first-order valence-corrected chi connectivity index (χ1v) is 10.5. The van der Waals surface area contributed by atoms with E-state index in [1.54, 1.807) is 4.90 Å². The smallest absolute Gasteiger partial charge is 0.335 e. The van der Waals surface area contributed by atoms with Gasteiger partial charge in [-0.2, -0.15) is 0 Å². The maximum Gasteiger partial charge on any atom is 0.335 e. The Labute approximate surface area is 130 Å². The van der Waals surface area contributed by atoms with E-state index in [0.717, 1.165) is 12.5 Å². The van der Waals surface area contributed by atoms with Gasteiger partial charge in [-0.1, -0.05) is 0 Å². The van der Waals surface area contributed by atoms with Crippen LogP contribution in [0.25, 0.3) is 0 Å². The van der Waals surface area contributed by atoms with Gasteiger partial charge < -0.3 is 10.0 Å². The van der Waals surface area contributed by atoms with E-state index in [2.05, 4.69) is 0 Å². The number of hydrogen-bond acceptors (Lipinski definition) is 6. The molecule has 1 aromatic rings. The van der Waals surface area contributed by atoms with Crippen molar-refractivity contribution in [2.75, 3.05) is 42.0 Å². The highest BCUT2D eigenvalue weighted by atomic mass is 32.2. The van der Waals surface area contributed by atoms with E-state index in [4.69, 9.17) is 5.11 Å². The molecule has 9 heteroatoms. The molecule has 1 rings (SSSR count). The Bertz CT molecular complexity index is 686. The Morgan fingerprint density at radius 3 is 1.68 bits per heavy atom. The molecule has 0 aromatic heterocycles. The highest BCUT2D eigenvalue weighted by Crippen LogP contribution is 2.15. The lowest BCUT2D eigenvalue weighted by atomic mass is 10.2. The number of rotatable bonds is 8. The van der Waals surface area contributed by atoms with Crippen LogP contribution >= 0.6 is 0 Å². The van der Waals surface area contributed by atoms with Crippen LogP contribution in [0.2, 0.25) is 0 Å². The summed E-state index contributed by atoms with van der Waals surface area (Å²) in [7, 11) is -6.38. The standard InChI is InChI=1S/C13H19NO6S2/c1-21(17,18)9-7-14(8-10-22(2,19)20)12-5-3-11(4-6-12)13(15)16/h3-6H,7-10H2,1-2H3,(H,15,16). The number of carboxylic acids is 1. The van der Waals surface area contributed by atoms with Crippen molar-refractivity contribution in [2.45, 2.75) is 0 Å². The zero-order valence-electron chi connectivity index (χ0n) is 12.4. The average Bonchev–Trinajstić information content (AvgIpc) is 2.36. The summed E-state index contributed by atoms with van der Waals surface area (Å²) in [5.41, 5.74) is 0.687. The lowest BCUT2D eigenvalue weighted by Gasteiger charge is -2.24. The van der Waals surface area contributed by atoms with Crippen LogP contribution in [0.3, 0.4) is 0 Å². The van der Waals surface area contributed by atoms with Crippen LogP contribution in [0, 0.1) is 0 Å². The molecule has 0 aliphatic heterocycles. The summed E-state index contributed by atoms with van der Waals surface area (Å²) < 4.78 is 45.2. The van der Waals surface area contributed by atoms with Crippen LogP contribution in [0.15, 0.2) is 24.3 Å². The van der Waals surface area contributed by atoms with Gasteiger partial charge in [-0.15, -0.1) is 0 Å². The van der Waals surface area contributed by atoms with Crippen LogP contribution in [0.1, 0.15) is 10.4 Å². The van der Waals surface area contributed by atoms with E-state index in [1.165, 1.54) is 24.3 Å². The van der Waals surface area contributed by atoms with E-state index in [0.29, 0.717) is 5.69 Å². The summed E-state index contributed by atoms with van der Waals surface area (Å²) in [6.45, 7) is 0.279. The molecule has 0 unspecified atom stereocenters. The first-order chi connectivity index (χ1) is 9.98. The fourth-order valence-electron chi connectivity index (χ4n) is 1.74. The second-order valence-electron chi connectivity index (χ2n) is 5.10. The fourth-order valence-corrected chi connectivity index (χ4v) is 2.84. The molecule has 0 spiro atoms. The van der Waals surface area contributed by atoms with Crippen molar-refractivity contribution in [2.24, 2.45) is 0 Å². The molecule has 0 aliphatic carbocycles. The van der Waals surface area contributed by atoms with Crippen molar-refractivity contribution < 1.29 is 26.7 Å². The second-order valence-corrected chi connectivity index (χ2v) is 9.62. The maximum atomic E-state index is 11.3. The number of nitrogens with zero attached hydrogens (tertiary/aromatic N) is 1. The monoisotopic (exact) mass is 349 g/mol. The van der Waals surface area contributed by atoms with Crippen LogP contribution in [0.4, 0.5) is 5.69 Å². The molecule has 0 saturated heterocycles. The van der Waals surface area contributed by atoms with Gasteiger partial charge in [0.15, 0.2) is 0 Å². The summed E-state index contributed by atoms with van der Waals surface area (Å²) in [6, 6.07) is 5.86. The SMILES string of the molecule is CS(=O)(=O)CCN(CCS(C)(=O)=O)c1ccc(C(=O)O)cc1. The van der Waals surface area contributed by atoms with Gasteiger partial charge in [0.05, 0.1) is 17.1 Å². The zero-order chi connectivity index (χ0) is 17.0. The number of anilines is 1. The van der Waals surface area contributed by atoms with E-state index in [-0.39, 0.29) is 30.2 Å². The van der Waals surface area contributed by atoms with Gasteiger partial charge in [0.1, 0.15) is 19.7 Å². The number of carbonyl (C=O) groups is 1. The Morgan fingerprint density at radius 2 is 1.36 bits per heavy atom. The van der Waals surface area contributed by atoms with Gasteiger partial charge in [-0.05, 0) is 24.3 Å². The first-order valence-electron chi connectivity index (χ1n) is 6.42. The fraction of sp³-hybridized carbons (Fsp3) is 0.462. The maximum absolute atomic E-state index is 11.3. The minimum atomic E-state index is -3.19. The van der Waals surface area contributed by atoms with Crippen molar-refractivity contribution in [3.63, 3.8) is 0 Å². The molecule has 0 atom stereocenters. The molecule has 1 N–H and O–H groups in total. The third-order valence-electron chi connectivity index (χ3n) is 2.94. The second kappa shape index (κ2) is 7.10. The lowest BCUT2D eigenvalue weighted by molar-refractivity contribution is 0.0697. The van der Waals surface area contributed by atoms with E-state index < -0.39 is 25.6 Å². The molecule has 0 fully saturated rings. The summed E-state index contributed by atoms with van der Waals surface area (Å²) >= 11 is 0. The van der Waals surface area contributed by atoms with Crippen molar-refractivity contribution in [1.29, 1.82) is 0 Å². The normalized spacial score (nSPS) is 12.1. The predicted octanol–water partition coefficient (Wildman–Crippen LogP) is 0.280. The van der Waals surface area contributed by atoms with Gasteiger partial charge >= 0.3 is 5.97 Å². The van der Waals surface area contributed by atoms with Crippen molar-refractivity contribution in [1.82, 2.24) is 0 Å². The summed E-state index contributed by atoms with van der Waals surface area (Å²) in [5.74, 6) is -1.29. The van der Waals surface area contributed by atoms with E-state index >= 15 is 0 Å². The minimum absolute atomic E-state index is 0.106. The van der Waals surface area contributed by atoms with E-state index in [9.17, 15) is 21.6 Å². The highest BCUT2D eigenvalue weighted by molar-refractivity contribution is 7.90. The molecule has 0 saturated carbocycles. The Balaban J connectivity index is 2.94. The molecule has 1 aromatic carbocycles. The van der Waals surface area contributed by atoms with Gasteiger partial charge in [-0.25, -0.2) is 21.6 Å². The van der Waals surface area contributed by atoms with Crippen molar-refractivity contribution in [3.8, 4) is 0 Å².